The van der Waals surface area contributed by atoms with Crippen LogP contribution in [0.4, 0.5) is 0 Å². The minimum Gasteiger partial charge on any atom is -0.222 e. The first-order valence-electron chi connectivity index (χ1n) is 1.01. The molecule has 0 aromatic heterocycles. The van der Waals surface area contributed by atoms with Crippen LogP contribution in [-0.2, 0) is 4.79 Å². The number of alkyl halides is 1. The van der Waals surface area contributed by atoms with E-state index in [4.69, 9.17) is 21.8 Å². The molecule has 0 rings (SSSR count). The summed E-state index contributed by atoms with van der Waals surface area (Å²) in [6, 6.07) is 0. The summed E-state index contributed by atoms with van der Waals surface area (Å²) in [4.78, 5) is 8.35. The molecule has 0 bridgehead atoms. The smallest absolute Gasteiger partial charge is 0.222 e. The normalized spacial score (nSPS) is 4.33. The van der Waals surface area contributed by atoms with E-state index in [0.717, 1.165) is 6.08 Å². The van der Waals surface area contributed by atoms with Crippen LogP contribution in [0.2, 0.25) is 0 Å². The molecule has 0 aliphatic heterocycles. The van der Waals surface area contributed by atoms with Gasteiger partial charge in [-0.3, -0.25) is 0 Å². The van der Waals surface area contributed by atoms with Crippen LogP contribution in [0.15, 0.2) is 0 Å². The number of halogens is 1. The van der Waals surface area contributed by atoms with Crippen molar-refractivity contribution in [2.75, 3.05) is 4.78 Å². The SMILES string of the molecule is ClC[Se].N=C=O. The third-order valence-corrected chi connectivity index (χ3v) is 0. The average molecular weight is 171 g/mol. The van der Waals surface area contributed by atoms with Crippen molar-refractivity contribution in [3.63, 3.8) is 0 Å². The van der Waals surface area contributed by atoms with Crippen molar-refractivity contribution >= 4 is 33.7 Å². The van der Waals surface area contributed by atoms with Crippen LogP contribution in [0, 0.1) is 5.41 Å². The average Bonchev–Trinajstić information content (AvgIpc) is 1.39. The van der Waals surface area contributed by atoms with E-state index in [0.29, 0.717) is 4.78 Å². The fourth-order valence-electron chi connectivity index (χ4n) is 0. The van der Waals surface area contributed by atoms with Crippen molar-refractivity contribution in [2.45, 2.75) is 0 Å². The Kier molecular flexibility index (Phi) is 30.1. The maximum Gasteiger partial charge on any atom is 0.231 e. The van der Waals surface area contributed by atoms with Gasteiger partial charge in [0, 0.05) is 0 Å². The Balaban J connectivity index is 0. The zero-order valence-electron chi connectivity index (χ0n) is 2.90. The van der Waals surface area contributed by atoms with Gasteiger partial charge in [-0.2, -0.15) is 0 Å². The van der Waals surface area contributed by atoms with E-state index in [1.807, 2.05) is 0 Å². The molecule has 0 saturated carbocycles. The summed E-state index contributed by atoms with van der Waals surface area (Å²) in [5.41, 5.74) is 0. The van der Waals surface area contributed by atoms with E-state index >= 15 is 0 Å². The largest absolute Gasteiger partial charge is 0.231 e. The quantitative estimate of drug-likeness (QED) is 0.241. The van der Waals surface area contributed by atoms with Crippen molar-refractivity contribution in [1.82, 2.24) is 0 Å². The molecule has 6 heavy (non-hydrogen) atoms. The van der Waals surface area contributed by atoms with Crippen LogP contribution < -0.4 is 0 Å². The molecule has 0 aromatic rings. The summed E-state index contributed by atoms with van der Waals surface area (Å²) < 4.78 is 0.597. The second-order valence-corrected chi connectivity index (χ2v) is 1.80. The van der Waals surface area contributed by atoms with Crippen molar-refractivity contribution in [3.05, 3.63) is 0 Å². The van der Waals surface area contributed by atoms with Crippen LogP contribution in [0.25, 0.3) is 0 Å². The van der Waals surface area contributed by atoms with Crippen molar-refractivity contribution in [1.29, 1.82) is 5.41 Å². The van der Waals surface area contributed by atoms with Crippen LogP contribution in [0.3, 0.4) is 0 Å². The second kappa shape index (κ2) is 19.0. The molecule has 0 heterocycles. The molecule has 2 nitrogen and oxygen atoms in total. The first-order valence-corrected chi connectivity index (χ1v) is 2.76. The molecule has 4 heteroatoms. The molecular weight excluding hydrogens is 168 g/mol. The second-order valence-electron chi connectivity index (χ2n) is 0.211. The molecule has 1 N–H and O–H groups in total. The predicted molar refractivity (Wildman–Crippen MR) is 24.9 cm³/mol. The first kappa shape index (κ1) is 9.50. The van der Waals surface area contributed by atoms with Gasteiger partial charge in [-0.1, -0.05) is 0 Å². The van der Waals surface area contributed by atoms with Crippen molar-refractivity contribution in [3.8, 4) is 0 Å². The summed E-state index contributed by atoms with van der Waals surface area (Å²) in [5, 5.41) is 5.40. The summed E-state index contributed by atoms with van der Waals surface area (Å²) in [7, 11) is 0. The molecule has 1 radical (unpaired) electrons. The van der Waals surface area contributed by atoms with Gasteiger partial charge in [0.05, 0.1) is 0 Å². The van der Waals surface area contributed by atoms with Crippen molar-refractivity contribution in [2.24, 2.45) is 0 Å². The molecule has 0 unspecified atom stereocenters. The Morgan fingerprint density at radius 1 is 2.00 bits per heavy atom. The van der Waals surface area contributed by atoms with Crippen LogP contribution >= 0.6 is 11.6 Å². The molecule has 0 aliphatic rings. The Morgan fingerprint density at radius 2 is 2.00 bits per heavy atom. The Hall–Kier alpha value is 0.189. The molecule has 0 aliphatic carbocycles. The standard InChI is InChI=1S/CH2ClSe.CHNO/c2*2-1-3/h1H2;2H. The molecule has 0 amide bonds. The molecule has 0 saturated heterocycles. The number of hydrogen-bond acceptors (Lipinski definition) is 2. The van der Waals surface area contributed by atoms with E-state index in [-0.39, 0.29) is 0 Å². The van der Waals surface area contributed by atoms with Gasteiger partial charge < -0.3 is 0 Å². The van der Waals surface area contributed by atoms with Gasteiger partial charge in [0.1, 0.15) is 0 Å². The topological polar surface area (TPSA) is 40.9 Å². The van der Waals surface area contributed by atoms with Gasteiger partial charge in [-0.05, 0) is 0 Å². The first-order chi connectivity index (χ1) is 2.83. The van der Waals surface area contributed by atoms with E-state index < -0.39 is 0 Å². The van der Waals surface area contributed by atoms with Gasteiger partial charge in [0.25, 0.3) is 0 Å². The van der Waals surface area contributed by atoms with Crippen LogP contribution in [-0.4, -0.2) is 26.9 Å². The molecule has 35 valence electrons. The van der Waals surface area contributed by atoms with Gasteiger partial charge in [0.2, 0.25) is 6.08 Å². The molecule has 0 fully saturated rings. The van der Waals surface area contributed by atoms with E-state index in [9.17, 15) is 0 Å². The van der Waals surface area contributed by atoms with Gasteiger partial charge in [-0.25, -0.2) is 10.2 Å². The van der Waals surface area contributed by atoms with Gasteiger partial charge >= 0.3 is 32.4 Å². The molecule has 0 atom stereocenters. The van der Waals surface area contributed by atoms with E-state index in [2.05, 4.69) is 16.0 Å². The maximum atomic E-state index is 8.35. The Morgan fingerprint density at radius 3 is 2.00 bits per heavy atom. The maximum absolute atomic E-state index is 8.35. The number of carbonyl (C=O) groups excluding carboxylic acids is 1. The zero-order chi connectivity index (χ0) is 5.41. The summed E-state index contributed by atoms with van der Waals surface area (Å²) >= 11 is 7.51. The van der Waals surface area contributed by atoms with Gasteiger partial charge in [0.15, 0.2) is 0 Å². The predicted octanol–water partition coefficient (Wildman–Crippen LogP) is 0.252. The molecular formula is C2H3ClNOSe. The summed E-state index contributed by atoms with van der Waals surface area (Å²) in [6.07, 6.45) is 0.750. The minimum atomic E-state index is 0.597. The third kappa shape index (κ3) is 1190. The Bertz CT molecular complexity index is 42.8. The fraction of sp³-hybridized carbons (Fsp3) is 0.500. The molecule has 0 aromatic carbocycles. The number of hydrogen-bond donors (Lipinski definition) is 1. The van der Waals surface area contributed by atoms with Crippen LogP contribution in [0.1, 0.15) is 0 Å². The number of rotatable bonds is 0. The summed E-state index contributed by atoms with van der Waals surface area (Å²) in [6.45, 7) is 0. The Labute approximate surface area is 49.2 Å². The fourth-order valence-corrected chi connectivity index (χ4v) is 0. The minimum absolute atomic E-state index is 0.597. The number of isocyanates is 1. The van der Waals surface area contributed by atoms with E-state index in [1.165, 1.54) is 0 Å². The zero-order valence-corrected chi connectivity index (χ0v) is 5.37. The molecule has 0 spiro atoms. The van der Waals surface area contributed by atoms with E-state index in [1.54, 1.807) is 0 Å². The monoisotopic (exact) mass is 172 g/mol. The number of nitrogens with one attached hydrogen (secondary N) is 1. The van der Waals surface area contributed by atoms with Crippen LogP contribution in [0.5, 0.6) is 0 Å². The third-order valence-electron chi connectivity index (χ3n) is 0. The van der Waals surface area contributed by atoms with Gasteiger partial charge in [-0.15, -0.1) is 0 Å². The van der Waals surface area contributed by atoms with Crippen molar-refractivity contribution < 1.29 is 4.79 Å². The summed E-state index contributed by atoms with van der Waals surface area (Å²) in [5.74, 6) is 0.